The average Bonchev–Trinajstić information content (AvgIpc) is 2.94. The highest BCUT2D eigenvalue weighted by atomic mass is 127. The molecule has 1 aromatic heterocycles. The van der Waals surface area contributed by atoms with E-state index in [0.717, 1.165) is 38.5 Å². The van der Waals surface area contributed by atoms with Gasteiger partial charge >= 0.3 is 0 Å². The van der Waals surface area contributed by atoms with Crippen molar-refractivity contribution in [2.24, 2.45) is 10.9 Å². The number of rotatable bonds is 10. The van der Waals surface area contributed by atoms with Gasteiger partial charge in [-0.15, -0.1) is 35.3 Å². The second-order valence-corrected chi connectivity index (χ2v) is 6.68. The second kappa shape index (κ2) is 14.0. The van der Waals surface area contributed by atoms with Crippen molar-refractivity contribution >= 4 is 41.3 Å². The summed E-state index contributed by atoms with van der Waals surface area (Å²) in [6, 6.07) is 0. The van der Waals surface area contributed by atoms with Crippen molar-refractivity contribution in [3.8, 4) is 0 Å². The molecule has 0 saturated carbocycles. The SMILES string of the molecule is CCNC(=NCCOCC(C)C)NCCc1ncc(CC)s1.I. The fourth-order valence-electron chi connectivity index (χ4n) is 1.80. The molecule has 0 aliphatic rings. The standard InChI is InChI=1S/C16H30N4OS.HI/c1-5-14-11-20-15(22-14)7-8-18-16(17-6-2)19-9-10-21-12-13(3)4;/h11,13H,5-10,12H2,1-4H3,(H2,17,18,19);1H. The molecule has 0 spiro atoms. The quantitative estimate of drug-likeness (QED) is 0.247. The summed E-state index contributed by atoms with van der Waals surface area (Å²) in [7, 11) is 0. The van der Waals surface area contributed by atoms with Crippen LogP contribution in [-0.4, -0.2) is 43.8 Å². The Morgan fingerprint density at radius 3 is 2.74 bits per heavy atom. The van der Waals surface area contributed by atoms with Crippen molar-refractivity contribution in [3.05, 3.63) is 16.1 Å². The Morgan fingerprint density at radius 2 is 2.13 bits per heavy atom. The zero-order valence-electron chi connectivity index (χ0n) is 14.7. The van der Waals surface area contributed by atoms with Gasteiger partial charge in [-0.05, 0) is 19.3 Å². The van der Waals surface area contributed by atoms with Crippen LogP contribution in [0.1, 0.15) is 37.6 Å². The predicted molar refractivity (Wildman–Crippen MR) is 110 cm³/mol. The molecule has 5 nitrogen and oxygen atoms in total. The Morgan fingerprint density at radius 1 is 1.35 bits per heavy atom. The highest BCUT2D eigenvalue weighted by Gasteiger charge is 2.02. The zero-order valence-corrected chi connectivity index (χ0v) is 17.9. The molecule has 0 bridgehead atoms. The summed E-state index contributed by atoms with van der Waals surface area (Å²) < 4.78 is 5.54. The van der Waals surface area contributed by atoms with Crippen molar-refractivity contribution in [3.63, 3.8) is 0 Å². The zero-order chi connectivity index (χ0) is 16.2. The number of aryl methyl sites for hydroxylation is 1. The molecule has 7 heteroatoms. The number of nitrogens with zero attached hydrogens (tertiary/aromatic N) is 2. The number of aliphatic imine (C=N–C) groups is 1. The smallest absolute Gasteiger partial charge is 0.191 e. The molecule has 0 fully saturated rings. The van der Waals surface area contributed by atoms with Gasteiger partial charge in [0.2, 0.25) is 0 Å². The van der Waals surface area contributed by atoms with E-state index in [2.05, 4.69) is 48.3 Å². The van der Waals surface area contributed by atoms with Crippen molar-refractivity contribution in [1.82, 2.24) is 15.6 Å². The van der Waals surface area contributed by atoms with Crippen LogP contribution in [0.15, 0.2) is 11.2 Å². The maximum atomic E-state index is 5.54. The third-order valence-corrected chi connectivity index (χ3v) is 4.08. The summed E-state index contributed by atoms with van der Waals surface area (Å²) in [5.74, 6) is 1.42. The Kier molecular flexibility index (Phi) is 13.7. The van der Waals surface area contributed by atoms with E-state index in [1.807, 2.05) is 6.20 Å². The number of guanidine groups is 1. The topological polar surface area (TPSA) is 58.5 Å². The van der Waals surface area contributed by atoms with E-state index >= 15 is 0 Å². The van der Waals surface area contributed by atoms with E-state index < -0.39 is 0 Å². The van der Waals surface area contributed by atoms with Crippen LogP contribution in [0.5, 0.6) is 0 Å². The Labute approximate surface area is 161 Å². The number of aromatic nitrogens is 1. The molecule has 1 rings (SSSR count). The van der Waals surface area contributed by atoms with Gasteiger partial charge in [-0.25, -0.2) is 4.98 Å². The molecule has 0 amide bonds. The van der Waals surface area contributed by atoms with Crippen LogP contribution in [0.25, 0.3) is 0 Å². The maximum Gasteiger partial charge on any atom is 0.191 e. The minimum atomic E-state index is 0. The van der Waals surface area contributed by atoms with E-state index in [0.29, 0.717) is 19.1 Å². The molecular formula is C16H31IN4OS. The molecule has 0 unspecified atom stereocenters. The first-order chi connectivity index (χ1) is 10.7. The van der Waals surface area contributed by atoms with Gasteiger partial charge in [-0.1, -0.05) is 20.8 Å². The summed E-state index contributed by atoms with van der Waals surface area (Å²) >= 11 is 1.79. The lowest BCUT2D eigenvalue weighted by atomic mass is 10.2. The van der Waals surface area contributed by atoms with Crippen LogP contribution in [0.4, 0.5) is 0 Å². The summed E-state index contributed by atoms with van der Waals surface area (Å²) in [5.41, 5.74) is 0. The number of hydrogen-bond acceptors (Lipinski definition) is 4. The number of halogens is 1. The van der Waals surface area contributed by atoms with Crippen molar-refractivity contribution < 1.29 is 4.74 Å². The Balaban J connectivity index is 0.00000484. The van der Waals surface area contributed by atoms with Crippen LogP contribution in [0.2, 0.25) is 0 Å². The van der Waals surface area contributed by atoms with E-state index in [-0.39, 0.29) is 24.0 Å². The average molecular weight is 454 g/mol. The number of nitrogens with one attached hydrogen (secondary N) is 2. The second-order valence-electron chi connectivity index (χ2n) is 5.48. The lowest BCUT2D eigenvalue weighted by Crippen LogP contribution is -2.38. The van der Waals surface area contributed by atoms with Gasteiger partial charge in [0, 0.05) is 37.2 Å². The molecule has 1 heterocycles. The monoisotopic (exact) mass is 454 g/mol. The first kappa shape index (κ1) is 22.6. The van der Waals surface area contributed by atoms with Gasteiger partial charge in [0.1, 0.15) is 0 Å². The van der Waals surface area contributed by atoms with Crippen LogP contribution >= 0.6 is 35.3 Å². The fraction of sp³-hybridized carbons (Fsp3) is 0.750. The first-order valence-electron chi connectivity index (χ1n) is 8.19. The third-order valence-electron chi connectivity index (χ3n) is 2.88. The summed E-state index contributed by atoms with van der Waals surface area (Å²) in [4.78, 5) is 10.3. The molecule has 0 aromatic carbocycles. The molecule has 23 heavy (non-hydrogen) atoms. The lowest BCUT2D eigenvalue weighted by Gasteiger charge is -2.11. The van der Waals surface area contributed by atoms with Gasteiger partial charge in [-0.2, -0.15) is 0 Å². The molecule has 0 aliphatic heterocycles. The van der Waals surface area contributed by atoms with Crippen LogP contribution < -0.4 is 10.6 Å². The number of thiazole rings is 1. The lowest BCUT2D eigenvalue weighted by molar-refractivity contribution is 0.117. The summed E-state index contributed by atoms with van der Waals surface area (Å²) in [6.45, 7) is 12.4. The first-order valence-corrected chi connectivity index (χ1v) is 9.00. The van der Waals surface area contributed by atoms with E-state index in [1.165, 1.54) is 9.88 Å². The van der Waals surface area contributed by atoms with Crippen LogP contribution in [0.3, 0.4) is 0 Å². The fourth-order valence-corrected chi connectivity index (χ4v) is 2.66. The van der Waals surface area contributed by atoms with Crippen molar-refractivity contribution in [2.45, 2.75) is 40.5 Å². The summed E-state index contributed by atoms with van der Waals surface area (Å²) in [6.07, 6.45) is 3.97. The largest absolute Gasteiger partial charge is 0.379 e. The molecule has 0 aliphatic carbocycles. The van der Waals surface area contributed by atoms with Crippen LogP contribution in [0, 0.1) is 5.92 Å². The van der Waals surface area contributed by atoms with Gasteiger partial charge < -0.3 is 15.4 Å². The van der Waals surface area contributed by atoms with Gasteiger partial charge in [-0.3, -0.25) is 4.99 Å². The predicted octanol–water partition coefficient (Wildman–Crippen LogP) is 3.09. The Hall–Kier alpha value is -0.410. The highest BCUT2D eigenvalue weighted by Crippen LogP contribution is 2.13. The molecule has 134 valence electrons. The number of hydrogen-bond donors (Lipinski definition) is 2. The van der Waals surface area contributed by atoms with Crippen molar-refractivity contribution in [2.75, 3.05) is 32.8 Å². The minimum Gasteiger partial charge on any atom is -0.379 e. The van der Waals surface area contributed by atoms with Gasteiger partial charge in [0.05, 0.1) is 18.2 Å². The summed E-state index contributed by atoms with van der Waals surface area (Å²) in [5, 5.41) is 7.78. The highest BCUT2D eigenvalue weighted by molar-refractivity contribution is 14.0. The van der Waals surface area contributed by atoms with Gasteiger partial charge in [0.25, 0.3) is 0 Å². The third kappa shape index (κ3) is 10.9. The minimum absolute atomic E-state index is 0. The van der Waals surface area contributed by atoms with E-state index in [4.69, 9.17) is 4.74 Å². The molecule has 0 atom stereocenters. The van der Waals surface area contributed by atoms with Crippen LogP contribution in [-0.2, 0) is 17.6 Å². The Bertz CT molecular complexity index is 437. The maximum absolute atomic E-state index is 5.54. The molecule has 1 aromatic rings. The van der Waals surface area contributed by atoms with E-state index in [1.54, 1.807) is 11.3 Å². The molecule has 2 N–H and O–H groups in total. The normalized spacial score (nSPS) is 11.4. The van der Waals surface area contributed by atoms with Crippen molar-refractivity contribution in [1.29, 1.82) is 0 Å². The molecular weight excluding hydrogens is 423 g/mol. The number of ether oxygens (including phenoxy) is 1. The van der Waals surface area contributed by atoms with Gasteiger partial charge in [0.15, 0.2) is 5.96 Å². The molecule has 0 radical (unpaired) electrons. The molecule has 0 saturated heterocycles. The van der Waals surface area contributed by atoms with E-state index in [9.17, 15) is 0 Å².